The molecule has 0 aromatic heterocycles. The molecule has 2 aromatic carbocycles. The van der Waals surface area contributed by atoms with Crippen molar-refractivity contribution in [2.24, 2.45) is 4.99 Å². The van der Waals surface area contributed by atoms with Crippen molar-refractivity contribution in [1.29, 1.82) is 0 Å². The lowest BCUT2D eigenvalue weighted by molar-refractivity contribution is -0.115. The third-order valence-electron chi connectivity index (χ3n) is 4.79. The number of carbonyl (C=O) groups excluding carboxylic acids is 1. The van der Waals surface area contributed by atoms with Crippen molar-refractivity contribution < 1.29 is 4.79 Å². The normalized spacial score (nSPS) is 14.2. The van der Waals surface area contributed by atoms with Crippen LogP contribution in [0.25, 0.3) is 0 Å². The van der Waals surface area contributed by atoms with Crippen molar-refractivity contribution >= 4 is 41.5 Å². The van der Waals surface area contributed by atoms with E-state index >= 15 is 0 Å². The largest absolute Gasteiger partial charge is 0.352 e. The summed E-state index contributed by atoms with van der Waals surface area (Å²) in [7, 11) is 1.70. The lowest BCUT2D eigenvalue weighted by Gasteiger charge is -2.15. The number of para-hydroxylation sites is 1. The summed E-state index contributed by atoms with van der Waals surface area (Å²) in [6, 6.07) is 18.1. The summed E-state index contributed by atoms with van der Waals surface area (Å²) < 4.78 is 0. The number of aliphatic imine (C=N–C) groups is 1. The van der Waals surface area contributed by atoms with Crippen molar-refractivity contribution in [3.8, 4) is 0 Å². The topological polar surface area (TPSA) is 68.8 Å². The van der Waals surface area contributed by atoms with Gasteiger partial charge in [0.2, 0.25) is 5.91 Å². The van der Waals surface area contributed by atoms with Crippen molar-refractivity contribution in [1.82, 2.24) is 15.5 Å². The standard InChI is InChI=1S/C22H29N5O.HI/c1-23-22(25-16-21(28)26-20-7-3-2-4-8-20)24-15-18-9-11-19(12-10-18)17-27-13-5-6-14-27;/h2-4,7-12H,5-6,13-17H2,1H3,(H,26,28)(H2,23,24,25);1H. The Bertz CT molecular complexity index is 774. The van der Waals surface area contributed by atoms with Crippen LogP contribution in [0.1, 0.15) is 24.0 Å². The molecule has 0 unspecified atom stereocenters. The summed E-state index contributed by atoms with van der Waals surface area (Å²) >= 11 is 0. The molecule has 7 heteroatoms. The summed E-state index contributed by atoms with van der Waals surface area (Å²) in [4.78, 5) is 18.7. The zero-order valence-corrected chi connectivity index (χ0v) is 19.2. The Morgan fingerprint density at radius 2 is 1.62 bits per heavy atom. The Morgan fingerprint density at radius 1 is 0.966 bits per heavy atom. The minimum absolute atomic E-state index is 0. The molecule has 1 saturated heterocycles. The summed E-state index contributed by atoms with van der Waals surface area (Å²) in [6.45, 7) is 4.27. The first-order valence-electron chi connectivity index (χ1n) is 9.82. The fourth-order valence-corrected chi connectivity index (χ4v) is 3.26. The van der Waals surface area contributed by atoms with E-state index in [4.69, 9.17) is 0 Å². The molecule has 1 fully saturated rings. The lowest BCUT2D eigenvalue weighted by Crippen LogP contribution is -2.41. The molecule has 3 N–H and O–H groups in total. The summed E-state index contributed by atoms with van der Waals surface area (Å²) in [5.41, 5.74) is 3.32. The molecule has 0 radical (unpaired) electrons. The van der Waals surface area contributed by atoms with Gasteiger partial charge in [0, 0.05) is 25.8 Å². The maximum absolute atomic E-state index is 12.0. The fraction of sp³-hybridized carbons (Fsp3) is 0.364. The molecule has 29 heavy (non-hydrogen) atoms. The van der Waals surface area contributed by atoms with Gasteiger partial charge in [0.15, 0.2) is 5.96 Å². The van der Waals surface area contributed by atoms with Gasteiger partial charge in [-0.05, 0) is 49.2 Å². The van der Waals surface area contributed by atoms with E-state index in [-0.39, 0.29) is 36.4 Å². The van der Waals surface area contributed by atoms with Gasteiger partial charge in [-0.2, -0.15) is 0 Å². The van der Waals surface area contributed by atoms with Crippen LogP contribution in [0, 0.1) is 0 Å². The molecule has 1 heterocycles. The number of benzene rings is 2. The van der Waals surface area contributed by atoms with Gasteiger partial charge in [-0.3, -0.25) is 14.7 Å². The monoisotopic (exact) mass is 507 g/mol. The van der Waals surface area contributed by atoms with E-state index in [1.807, 2.05) is 30.3 Å². The average molecular weight is 507 g/mol. The first kappa shape index (κ1) is 23.2. The predicted molar refractivity (Wildman–Crippen MR) is 130 cm³/mol. The maximum Gasteiger partial charge on any atom is 0.243 e. The number of halogens is 1. The fourth-order valence-electron chi connectivity index (χ4n) is 3.26. The summed E-state index contributed by atoms with van der Waals surface area (Å²) in [5.74, 6) is 0.491. The molecule has 1 aliphatic rings. The number of amides is 1. The van der Waals surface area contributed by atoms with Crippen molar-refractivity contribution in [2.45, 2.75) is 25.9 Å². The zero-order chi connectivity index (χ0) is 19.6. The van der Waals surface area contributed by atoms with Crippen LogP contribution in [0.2, 0.25) is 0 Å². The lowest BCUT2D eigenvalue weighted by atomic mass is 10.1. The number of hydrogen-bond acceptors (Lipinski definition) is 3. The Kier molecular flexibility index (Phi) is 9.93. The summed E-state index contributed by atoms with van der Waals surface area (Å²) in [5, 5.41) is 9.13. The smallest absolute Gasteiger partial charge is 0.243 e. The van der Waals surface area contributed by atoms with Gasteiger partial charge < -0.3 is 16.0 Å². The minimum Gasteiger partial charge on any atom is -0.352 e. The molecule has 0 saturated carbocycles. The highest BCUT2D eigenvalue weighted by Crippen LogP contribution is 2.13. The van der Waals surface area contributed by atoms with Crippen LogP contribution in [0.3, 0.4) is 0 Å². The highest BCUT2D eigenvalue weighted by atomic mass is 127. The molecule has 1 aliphatic heterocycles. The van der Waals surface area contributed by atoms with Gasteiger partial charge in [-0.1, -0.05) is 42.5 Å². The Labute approximate surface area is 190 Å². The second-order valence-electron chi connectivity index (χ2n) is 6.99. The number of nitrogens with one attached hydrogen (secondary N) is 3. The van der Waals surface area contributed by atoms with Crippen LogP contribution < -0.4 is 16.0 Å². The number of likely N-dealkylation sites (tertiary alicyclic amines) is 1. The summed E-state index contributed by atoms with van der Waals surface area (Å²) in [6.07, 6.45) is 2.63. The first-order valence-corrected chi connectivity index (χ1v) is 9.82. The van der Waals surface area contributed by atoms with Crippen LogP contribution in [-0.2, 0) is 17.9 Å². The molecule has 2 aromatic rings. The van der Waals surface area contributed by atoms with E-state index in [1.54, 1.807) is 7.05 Å². The zero-order valence-electron chi connectivity index (χ0n) is 16.9. The molecule has 0 spiro atoms. The van der Waals surface area contributed by atoms with E-state index < -0.39 is 0 Å². The van der Waals surface area contributed by atoms with Crippen molar-refractivity contribution in [3.63, 3.8) is 0 Å². The molecule has 156 valence electrons. The van der Waals surface area contributed by atoms with Gasteiger partial charge in [-0.15, -0.1) is 24.0 Å². The first-order chi connectivity index (χ1) is 13.7. The van der Waals surface area contributed by atoms with Gasteiger partial charge in [-0.25, -0.2) is 0 Å². The second kappa shape index (κ2) is 12.4. The molecule has 0 aliphatic carbocycles. The molecule has 3 rings (SSSR count). The Hall–Kier alpha value is -2.13. The van der Waals surface area contributed by atoms with E-state index in [9.17, 15) is 4.79 Å². The third kappa shape index (κ3) is 8.02. The van der Waals surface area contributed by atoms with Crippen LogP contribution in [-0.4, -0.2) is 43.4 Å². The van der Waals surface area contributed by atoms with Gasteiger partial charge in [0.25, 0.3) is 0 Å². The highest BCUT2D eigenvalue weighted by molar-refractivity contribution is 14.0. The molecule has 0 bridgehead atoms. The van der Waals surface area contributed by atoms with E-state index in [2.05, 4.69) is 50.1 Å². The van der Waals surface area contributed by atoms with E-state index in [0.717, 1.165) is 12.2 Å². The van der Waals surface area contributed by atoms with Crippen LogP contribution in [0.5, 0.6) is 0 Å². The number of guanidine groups is 1. The molecular weight excluding hydrogens is 477 g/mol. The highest BCUT2D eigenvalue weighted by Gasteiger charge is 2.11. The second-order valence-corrected chi connectivity index (χ2v) is 6.99. The van der Waals surface area contributed by atoms with Crippen LogP contribution in [0.4, 0.5) is 5.69 Å². The molecule has 6 nitrogen and oxygen atoms in total. The Morgan fingerprint density at radius 3 is 2.28 bits per heavy atom. The number of anilines is 1. The number of hydrogen-bond donors (Lipinski definition) is 3. The van der Waals surface area contributed by atoms with E-state index in [1.165, 1.54) is 37.1 Å². The molecule has 1 amide bonds. The molecular formula is C22H30IN5O. The third-order valence-corrected chi connectivity index (χ3v) is 4.79. The van der Waals surface area contributed by atoms with Crippen molar-refractivity contribution in [3.05, 3.63) is 65.7 Å². The average Bonchev–Trinajstić information content (AvgIpc) is 3.23. The predicted octanol–water partition coefficient (Wildman–Crippen LogP) is 3.20. The minimum atomic E-state index is -0.111. The quantitative estimate of drug-likeness (QED) is 0.306. The SMILES string of the molecule is CN=C(NCC(=O)Nc1ccccc1)NCc1ccc(CN2CCCC2)cc1.I. The molecule has 0 atom stereocenters. The Balaban J connectivity index is 0.00000300. The number of nitrogens with zero attached hydrogens (tertiary/aromatic N) is 2. The van der Waals surface area contributed by atoms with Gasteiger partial charge >= 0.3 is 0 Å². The van der Waals surface area contributed by atoms with E-state index in [0.29, 0.717) is 12.5 Å². The number of rotatable bonds is 7. The van der Waals surface area contributed by atoms with Gasteiger partial charge in [0.1, 0.15) is 0 Å². The maximum atomic E-state index is 12.0. The van der Waals surface area contributed by atoms with Gasteiger partial charge in [0.05, 0.1) is 6.54 Å². The van der Waals surface area contributed by atoms with Crippen LogP contribution in [0.15, 0.2) is 59.6 Å². The number of carbonyl (C=O) groups is 1. The van der Waals surface area contributed by atoms with Crippen molar-refractivity contribution in [2.75, 3.05) is 32.0 Å². The van der Waals surface area contributed by atoms with Crippen LogP contribution >= 0.6 is 24.0 Å².